The van der Waals surface area contributed by atoms with Crippen LogP contribution in [0.25, 0.3) is 0 Å². The lowest BCUT2D eigenvalue weighted by Crippen LogP contribution is -2.60. The zero-order chi connectivity index (χ0) is 38.8. The van der Waals surface area contributed by atoms with Crippen molar-refractivity contribution in [3.8, 4) is 0 Å². The van der Waals surface area contributed by atoms with E-state index in [4.69, 9.17) is 0 Å². The van der Waals surface area contributed by atoms with Gasteiger partial charge in [-0.05, 0) is 65.2 Å². The maximum Gasteiger partial charge on any atom is 0.0892 e. The van der Waals surface area contributed by atoms with Gasteiger partial charge in [0.1, 0.15) is 0 Å². The molecule has 1 nitrogen and oxygen atoms in total. The second-order valence-corrected chi connectivity index (χ2v) is 18.6. The second kappa shape index (κ2) is 43.1. The fourth-order valence-corrected chi connectivity index (χ4v) is 9.60. The van der Waals surface area contributed by atoms with Crippen LogP contribution in [0, 0.1) is 0 Å². The Balaban J connectivity index is 5.30. The first-order valence-electron chi connectivity index (χ1n) is 25.9. The Hall–Kier alpha value is -0.0400. The topological polar surface area (TPSA) is 0 Å². The number of quaternary nitrogens is 1. The van der Waals surface area contributed by atoms with Crippen molar-refractivity contribution in [2.75, 3.05) is 13.1 Å². The van der Waals surface area contributed by atoms with Crippen molar-refractivity contribution in [2.45, 2.75) is 323 Å². The Morgan fingerprint density at radius 3 is 0.642 bits per heavy atom. The van der Waals surface area contributed by atoms with E-state index in [0.29, 0.717) is 0 Å². The molecule has 0 saturated carbocycles. The van der Waals surface area contributed by atoms with Gasteiger partial charge in [-0.3, -0.25) is 0 Å². The Morgan fingerprint density at radius 1 is 0.245 bits per heavy atom. The molecule has 0 aliphatic heterocycles. The maximum absolute atomic E-state index is 2.64. The van der Waals surface area contributed by atoms with Crippen LogP contribution in [0.15, 0.2) is 0 Å². The minimum absolute atomic E-state index is 0.767. The van der Waals surface area contributed by atoms with Crippen LogP contribution in [0.3, 0.4) is 0 Å². The first-order chi connectivity index (χ1) is 26.1. The van der Waals surface area contributed by atoms with Gasteiger partial charge in [0.05, 0.1) is 25.2 Å². The first-order valence-corrected chi connectivity index (χ1v) is 25.9. The smallest absolute Gasteiger partial charge is 0.0892 e. The molecule has 0 amide bonds. The Morgan fingerprint density at radius 2 is 0.434 bits per heavy atom. The van der Waals surface area contributed by atoms with E-state index in [1.807, 2.05) is 0 Å². The summed E-state index contributed by atoms with van der Waals surface area (Å²) >= 11 is 0. The molecule has 0 unspecified atom stereocenters. The Bertz CT molecular complexity index is 606. The van der Waals surface area contributed by atoms with Crippen LogP contribution in [0.1, 0.15) is 311 Å². The minimum Gasteiger partial charge on any atom is -0.319 e. The standard InChI is InChI=1S/C52H108N/c1-7-11-15-19-23-27-31-35-39-43-47-52(48-44-40-36-32-28-24-20-16-12-8-2)53(51(5)6,49-45-41-37-33-29-25-21-17-13-9-3)50-46-42-38-34-30-26-22-18-14-10-4/h51-52H,7-50H2,1-6H3/q+1. The molecule has 0 spiro atoms. The minimum atomic E-state index is 0.767. The summed E-state index contributed by atoms with van der Waals surface area (Å²) in [6, 6.07) is 1.67. The van der Waals surface area contributed by atoms with E-state index >= 15 is 0 Å². The molecule has 0 aliphatic carbocycles. The molecule has 0 radical (unpaired) electrons. The van der Waals surface area contributed by atoms with Crippen molar-refractivity contribution in [3.05, 3.63) is 0 Å². The van der Waals surface area contributed by atoms with Crippen molar-refractivity contribution in [1.82, 2.24) is 0 Å². The summed E-state index contributed by atoms with van der Waals surface area (Å²) in [5.41, 5.74) is 0. The fraction of sp³-hybridized carbons (Fsp3) is 1.00. The molecule has 0 atom stereocenters. The molecule has 0 aromatic heterocycles. The van der Waals surface area contributed by atoms with Crippen LogP contribution in [0.4, 0.5) is 0 Å². The van der Waals surface area contributed by atoms with Crippen molar-refractivity contribution in [3.63, 3.8) is 0 Å². The van der Waals surface area contributed by atoms with Crippen LogP contribution in [-0.2, 0) is 0 Å². The number of hydrogen-bond donors (Lipinski definition) is 0. The van der Waals surface area contributed by atoms with E-state index in [-0.39, 0.29) is 0 Å². The average molecular weight is 747 g/mol. The van der Waals surface area contributed by atoms with Crippen molar-refractivity contribution in [2.24, 2.45) is 0 Å². The van der Waals surface area contributed by atoms with E-state index in [2.05, 4.69) is 41.5 Å². The predicted octanol–water partition coefficient (Wildman–Crippen LogP) is 19.0. The fourth-order valence-electron chi connectivity index (χ4n) is 9.60. The van der Waals surface area contributed by atoms with Gasteiger partial charge in [-0.25, -0.2) is 0 Å². The summed E-state index contributed by atoms with van der Waals surface area (Å²) in [6.45, 7) is 17.6. The third-order valence-electron chi connectivity index (χ3n) is 13.4. The van der Waals surface area contributed by atoms with Gasteiger partial charge >= 0.3 is 0 Å². The van der Waals surface area contributed by atoms with Crippen LogP contribution in [0.5, 0.6) is 0 Å². The molecule has 1 heteroatoms. The molecule has 0 rings (SSSR count). The quantitative estimate of drug-likeness (QED) is 0.0430. The van der Waals surface area contributed by atoms with E-state index in [0.717, 1.165) is 12.1 Å². The highest BCUT2D eigenvalue weighted by Gasteiger charge is 2.38. The van der Waals surface area contributed by atoms with E-state index in [1.54, 1.807) is 0 Å². The molecule has 0 aliphatic rings. The monoisotopic (exact) mass is 747 g/mol. The molecule has 0 fully saturated rings. The highest BCUT2D eigenvalue weighted by Crippen LogP contribution is 2.31. The molecule has 0 saturated heterocycles. The molecule has 0 heterocycles. The number of nitrogens with zero attached hydrogens (tertiary/aromatic N) is 1. The van der Waals surface area contributed by atoms with Gasteiger partial charge in [-0.1, -0.05) is 246 Å². The van der Waals surface area contributed by atoms with Crippen molar-refractivity contribution < 1.29 is 4.48 Å². The van der Waals surface area contributed by atoms with Gasteiger partial charge in [0.2, 0.25) is 0 Å². The number of rotatable bonds is 46. The van der Waals surface area contributed by atoms with Gasteiger partial charge in [-0.15, -0.1) is 0 Å². The summed E-state index contributed by atoms with van der Waals surface area (Å²) in [7, 11) is 0. The SMILES string of the molecule is CCCCCCCCCCCCC(CCCCCCCCCCCC)[N+](CCCCCCCCCCCC)(CCCCCCCCCCCC)C(C)C. The lowest BCUT2D eigenvalue weighted by molar-refractivity contribution is -0.971. The Kier molecular flexibility index (Phi) is 43.1. The molecular formula is C52H108N+. The summed E-state index contributed by atoms with van der Waals surface area (Å²) in [5, 5.41) is 0. The normalized spacial score (nSPS) is 12.2. The molecule has 53 heavy (non-hydrogen) atoms. The number of hydrogen-bond acceptors (Lipinski definition) is 0. The summed E-state index contributed by atoms with van der Waals surface area (Å²) in [4.78, 5) is 0. The average Bonchev–Trinajstić information content (AvgIpc) is 3.16. The molecular weight excluding hydrogens is 639 g/mol. The first kappa shape index (κ1) is 53.0. The summed E-state index contributed by atoms with van der Waals surface area (Å²) in [6.07, 6.45) is 61.5. The van der Waals surface area contributed by atoms with Gasteiger partial charge in [0, 0.05) is 0 Å². The Labute approximate surface area is 339 Å². The van der Waals surface area contributed by atoms with Crippen LogP contribution in [0.2, 0.25) is 0 Å². The zero-order valence-electron chi connectivity index (χ0n) is 38.7. The molecule has 0 bridgehead atoms. The van der Waals surface area contributed by atoms with Crippen molar-refractivity contribution >= 4 is 0 Å². The lowest BCUT2D eigenvalue weighted by atomic mass is 9.93. The largest absolute Gasteiger partial charge is 0.319 e. The van der Waals surface area contributed by atoms with Gasteiger partial charge < -0.3 is 4.48 Å². The van der Waals surface area contributed by atoms with E-state index < -0.39 is 0 Å². The third kappa shape index (κ3) is 33.8. The molecule has 0 aromatic rings. The van der Waals surface area contributed by atoms with E-state index in [1.165, 1.54) is 287 Å². The molecule has 0 N–H and O–H groups in total. The second-order valence-electron chi connectivity index (χ2n) is 18.6. The van der Waals surface area contributed by atoms with Crippen LogP contribution >= 0.6 is 0 Å². The van der Waals surface area contributed by atoms with E-state index in [9.17, 15) is 0 Å². The highest BCUT2D eigenvalue weighted by atomic mass is 15.4. The zero-order valence-corrected chi connectivity index (χ0v) is 38.7. The highest BCUT2D eigenvalue weighted by molar-refractivity contribution is 4.68. The van der Waals surface area contributed by atoms with Gasteiger partial charge in [0.15, 0.2) is 0 Å². The predicted molar refractivity (Wildman–Crippen MR) is 246 cm³/mol. The molecule has 0 aromatic carbocycles. The molecule has 320 valence electrons. The maximum atomic E-state index is 2.64. The summed E-state index contributed by atoms with van der Waals surface area (Å²) in [5.74, 6) is 0. The lowest BCUT2D eigenvalue weighted by Gasteiger charge is -2.49. The van der Waals surface area contributed by atoms with Crippen LogP contribution in [-0.4, -0.2) is 29.7 Å². The van der Waals surface area contributed by atoms with Crippen LogP contribution < -0.4 is 0 Å². The summed E-state index contributed by atoms with van der Waals surface area (Å²) < 4.78 is 1.46. The third-order valence-corrected chi connectivity index (χ3v) is 13.4. The van der Waals surface area contributed by atoms with Gasteiger partial charge in [0.25, 0.3) is 0 Å². The van der Waals surface area contributed by atoms with Crippen molar-refractivity contribution in [1.29, 1.82) is 0 Å². The van der Waals surface area contributed by atoms with Gasteiger partial charge in [-0.2, -0.15) is 0 Å². The number of unbranched alkanes of at least 4 members (excludes halogenated alkanes) is 36.